The highest BCUT2D eigenvalue weighted by atomic mass is 16.5. The maximum Gasteiger partial charge on any atom is 0.260 e. The normalized spacial score (nSPS) is 15.1. The fraction of sp³-hybridized carbons (Fsp3) is 0.154. The Kier molecular flexibility index (Phi) is 7.29. The van der Waals surface area contributed by atoms with E-state index in [9.17, 15) is 4.79 Å². The van der Waals surface area contributed by atoms with Gasteiger partial charge < -0.3 is 19.7 Å². The molecule has 2 heterocycles. The van der Waals surface area contributed by atoms with Gasteiger partial charge >= 0.3 is 0 Å². The molecule has 172 valence electrons. The van der Waals surface area contributed by atoms with Crippen molar-refractivity contribution >= 4 is 23.9 Å². The minimum Gasteiger partial charge on any atom is -0.492 e. The second-order valence-corrected chi connectivity index (χ2v) is 7.53. The second-order valence-electron chi connectivity index (χ2n) is 7.53. The van der Waals surface area contributed by atoms with Gasteiger partial charge in [-0.05, 0) is 42.3 Å². The Balaban J connectivity index is 1.62. The molecule has 34 heavy (non-hydrogen) atoms. The molecule has 0 radical (unpaired) electrons. The Labute approximate surface area is 197 Å². The van der Waals surface area contributed by atoms with E-state index < -0.39 is 5.91 Å². The number of hydrogen-bond acceptors (Lipinski definition) is 6. The first kappa shape index (κ1) is 22.7. The van der Waals surface area contributed by atoms with Crippen LogP contribution in [0.4, 0.5) is 5.82 Å². The van der Waals surface area contributed by atoms with Crippen molar-refractivity contribution in [1.82, 2.24) is 9.88 Å². The number of nitrogens with zero attached hydrogens (tertiary/aromatic N) is 2. The summed E-state index contributed by atoms with van der Waals surface area (Å²) in [7, 11) is 0. The number of rotatable bonds is 4. The minimum absolute atomic E-state index is 0.0684. The lowest BCUT2D eigenvalue weighted by molar-refractivity contribution is 0.102. The molecule has 0 saturated carbocycles. The average molecular weight is 456 g/mol. The highest BCUT2D eigenvalue weighted by Gasteiger charge is 2.17. The van der Waals surface area contributed by atoms with Crippen molar-refractivity contribution in [2.45, 2.75) is 13.0 Å². The van der Waals surface area contributed by atoms with Crippen molar-refractivity contribution in [3.63, 3.8) is 0 Å². The van der Waals surface area contributed by atoms with Crippen LogP contribution in [0.15, 0.2) is 78.9 Å². The van der Waals surface area contributed by atoms with E-state index >= 15 is 0 Å². The molecule has 8 heteroatoms. The molecular weight excluding hydrogens is 430 g/mol. The van der Waals surface area contributed by atoms with Gasteiger partial charge in [-0.2, -0.15) is 0 Å². The first-order valence-electron chi connectivity index (χ1n) is 10.9. The van der Waals surface area contributed by atoms with E-state index in [1.165, 1.54) is 4.90 Å². The van der Waals surface area contributed by atoms with E-state index in [-0.39, 0.29) is 5.84 Å². The first-order valence-corrected chi connectivity index (χ1v) is 10.9. The Hall–Kier alpha value is -4.46. The van der Waals surface area contributed by atoms with Crippen LogP contribution in [0.2, 0.25) is 0 Å². The number of carbonyl (C=O) groups is 1. The number of carbonyl (C=O) groups excluding carboxylic acids is 1. The van der Waals surface area contributed by atoms with Crippen LogP contribution in [0, 0.1) is 10.8 Å². The number of amidine groups is 1. The topological polar surface area (TPSA) is 111 Å². The summed E-state index contributed by atoms with van der Waals surface area (Å²) in [6.45, 7) is 1.11. The summed E-state index contributed by atoms with van der Waals surface area (Å²) in [4.78, 5) is 19.0. The average Bonchev–Trinajstić information content (AvgIpc) is 2.87. The molecule has 3 aromatic rings. The highest BCUT2D eigenvalue weighted by Crippen LogP contribution is 2.26. The molecule has 0 fully saturated rings. The fourth-order valence-electron chi connectivity index (χ4n) is 3.36. The van der Waals surface area contributed by atoms with Gasteiger partial charge in [0.15, 0.2) is 5.84 Å². The van der Waals surface area contributed by atoms with E-state index in [2.05, 4.69) is 10.3 Å². The number of anilines is 1. The van der Waals surface area contributed by atoms with Gasteiger partial charge in [-0.3, -0.25) is 15.6 Å². The summed E-state index contributed by atoms with van der Waals surface area (Å²) in [6.07, 6.45) is 5.49. The summed E-state index contributed by atoms with van der Waals surface area (Å²) in [5.74, 6) is 0.954. The van der Waals surface area contributed by atoms with Gasteiger partial charge in [-0.25, -0.2) is 4.98 Å². The van der Waals surface area contributed by atoms with Crippen LogP contribution in [0.1, 0.15) is 28.0 Å². The highest BCUT2D eigenvalue weighted by molar-refractivity contribution is 6.06. The van der Waals surface area contributed by atoms with Crippen molar-refractivity contribution in [3.8, 4) is 11.5 Å². The van der Waals surface area contributed by atoms with Gasteiger partial charge in [0.2, 0.25) is 0 Å². The second kappa shape index (κ2) is 10.9. The zero-order valence-corrected chi connectivity index (χ0v) is 18.5. The standard InChI is InChI=1S/C26H25N5O3/c27-18-31-14-5-2-6-15-33-23-13-12-20(34-17-19-8-3-1-4-9-19)16-21(23)26(32)30-24-11-7-10-22(29-24)25(31)28/h1-5,7-13,16,18,27-28H,6,14-15,17H2,(H,29,30,32)/b5-2+,27-18?,28-25?. The van der Waals surface area contributed by atoms with E-state index in [1.54, 1.807) is 36.4 Å². The van der Waals surface area contributed by atoms with E-state index in [4.69, 9.17) is 20.3 Å². The first-order chi connectivity index (χ1) is 16.6. The number of aromatic nitrogens is 1. The third-order valence-corrected chi connectivity index (χ3v) is 5.13. The number of pyridine rings is 1. The summed E-state index contributed by atoms with van der Waals surface area (Å²) >= 11 is 0. The van der Waals surface area contributed by atoms with Crippen molar-refractivity contribution in [1.29, 1.82) is 10.8 Å². The summed E-state index contributed by atoms with van der Waals surface area (Å²) in [5.41, 5.74) is 1.70. The van der Waals surface area contributed by atoms with Crippen LogP contribution in [0.5, 0.6) is 11.5 Å². The Morgan fingerprint density at radius 3 is 2.76 bits per heavy atom. The zero-order valence-electron chi connectivity index (χ0n) is 18.5. The van der Waals surface area contributed by atoms with Crippen molar-refractivity contribution in [2.75, 3.05) is 18.5 Å². The molecule has 8 nitrogen and oxygen atoms in total. The molecule has 1 aliphatic rings. The summed E-state index contributed by atoms with van der Waals surface area (Å²) < 4.78 is 11.8. The number of nitrogens with one attached hydrogen (secondary N) is 3. The smallest absolute Gasteiger partial charge is 0.260 e. The van der Waals surface area contributed by atoms with Crippen LogP contribution in [-0.2, 0) is 6.61 Å². The molecule has 2 aromatic carbocycles. The Morgan fingerprint density at radius 2 is 1.94 bits per heavy atom. The molecule has 1 aliphatic heterocycles. The molecule has 0 saturated heterocycles. The monoisotopic (exact) mass is 455 g/mol. The Morgan fingerprint density at radius 1 is 1.09 bits per heavy atom. The van der Waals surface area contributed by atoms with E-state index in [0.717, 1.165) is 11.9 Å². The van der Waals surface area contributed by atoms with Gasteiger partial charge in [0, 0.05) is 6.54 Å². The van der Waals surface area contributed by atoms with Gasteiger partial charge in [0.25, 0.3) is 5.91 Å². The van der Waals surface area contributed by atoms with Gasteiger partial charge in [-0.1, -0.05) is 48.6 Å². The number of hydrogen-bond donors (Lipinski definition) is 3. The lowest BCUT2D eigenvalue weighted by Crippen LogP contribution is -2.30. The van der Waals surface area contributed by atoms with Crippen LogP contribution >= 0.6 is 0 Å². The van der Waals surface area contributed by atoms with Crippen LogP contribution in [-0.4, -0.2) is 41.1 Å². The number of amides is 1. The third kappa shape index (κ3) is 5.66. The predicted octanol–water partition coefficient (Wildman–Crippen LogP) is 4.49. The van der Waals surface area contributed by atoms with Crippen LogP contribution < -0.4 is 14.8 Å². The molecule has 4 rings (SSSR count). The van der Waals surface area contributed by atoms with Crippen molar-refractivity contribution in [2.24, 2.45) is 0 Å². The van der Waals surface area contributed by atoms with E-state index in [1.807, 2.05) is 42.5 Å². The molecule has 0 unspecified atom stereocenters. The maximum absolute atomic E-state index is 13.2. The molecular formula is C26H25N5O3. The van der Waals surface area contributed by atoms with Gasteiger partial charge in [0.05, 0.1) is 18.5 Å². The lowest BCUT2D eigenvalue weighted by Gasteiger charge is -2.17. The zero-order chi connectivity index (χ0) is 23.8. The minimum atomic E-state index is -0.398. The van der Waals surface area contributed by atoms with Gasteiger partial charge in [0.1, 0.15) is 29.6 Å². The predicted molar refractivity (Wildman–Crippen MR) is 131 cm³/mol. The molecule has 3 N–H and O–H groups in total. The molecule has 1 amide bonds. The Bertz CT molecular complexity index is 1210. The van der Waals surface area contributed by atoms with Crippen molar-refractivity contribution < 1.29 is 14.3 Å². The SMILES string of the molecule is N=CN1C/C=C/CCOc2ccc(OCc3ccccc3)cc2C(=O)Nc2cccc(n2)C1=N. The molecule has 0 spiro atoms. The number of ether oxygens (including phenoxy) is 2. The number of fused-ring (bicyclic) bond motifs is 3. The molecule has 0 atom stereocenters. The quantitative estimate of drug-likeness (QED) is 0.305. The third-order valence-electron chi connectivity index (χ3n) is 5.13. The maximum atomic E-state index is 13.2. The summed E-state index contributed by atoms with van der Waals surface area (Å²) in [6, 6.07) is 20.0. The fourth-order valence-corrected chi connectivity index (χ4v) is 3.36. The summed E-state index contributed by atoms with van der Waals surface area (Å²) in [5, 5.41) is 18.8. The van der Waals surface area contributed by atoms with Crippen LogP contribution in [0.25, 0.3) is 0 Å². The van der Waals surface area contributed by atoms with Gasteiger partial charge in [-0.15, -0.1) is 0 Å². The number of benzene rings is 2. The van der Waals surface area contributed by atoms with Crippen LogP contribution in [0.3, 0.4) is 0 Å². The largest absolute Gasteiger partial charge is 0.492 e. The molecule has 0 aliphatic carbocycles. The molecule has 2 bridgehead atoms. The lowest BCUT2D eigenvalue weighted by atomic mass is 10.1. The molecule has 1 aromatic heterocycles. The van der Waals surface area contributed by atoms with Crippen molar-refractivity contribution in [3.05, 3.63) is 95.7 Å². The van der Waals surface area contributed by atoms with E-state index in [0.29, 0.717) is 54.8 Å².